The molecule has 0 atom stereocenters. The number of fused-ring (bicyclic) bond motifs is 4. The molecule has 3 heterocycles. The van der Waals surface area contributed by atoms with Gasteiger partial charge in [0.1, 0.15) is 5.82 Å². The third kappa shape index (κ3) is 6.79. The zero-order valence-corrected chi connectivity index (χ0v) is 34.7. The Labute approximate surface area is 344 Å². The normalized spacial score (nSPS) is 12.9. The zero-order chi connectivity index (χ0) is 37.9. The van der Waals surface area contributed by atoms with Crippen molar-refractivity contribution in [3.05, 3.63) is 176 Å². The minimum Gasteiger partial charge on any atom is -0.509 e. The van der Waals surface area contributed by atoms with Crippen LogP contribution in [-0.2, 0) is 31.9 Å². The van der Waals surface area contributed by atoms with Crippen molar-refractivity contribution in [1.29, 1.82) is 0 Å². The fourth-order valence-electron chi connectivity index (χ4n) is 7.52. The van der Waals surface area contributed by atoms with Gasteiger partial charge in [-0.1, -0.05) is 114 Å². The molecule has 1 aliphatic rings. The van der Waals surface area contributed by atoms with Gasteiger partial charge in [-0.3, -0.25) is 0 Å². The van der Waals surface area contributed by atoms with Crippen LogP contribution in [0, 0.1) is 18.8 Å². The first-order valence-electron chi connectivity index (χ1n) is 18.9. The quantitative estimate of drug-likeness (QED) is 0.156. The third-order valence-corrected chi connectivity index (χ3v) is 10.5. The van der Waals surface area contributed by atoms with Crippen molar-refractivity contribution in [3.63, 3.8) is 0 Å². The summed E-state index contributed by atoms with van der Waals surface area (Å²) in [5.41, 5.74) is 11.0. The van der Waals surface area contributed by atoms with Crippen LogP contribution in [0.15, 0.2) is 146 Å². The monoisotopic (exact) mass is 910 g/mol. The maximum absolute atomic E-state index is 6.62. The standard InChI is InChI=1S/C50H43N4O.Pt/c1-49(2,3)35-17-12-18-37(29-35)52-33-53(44-23-11-10-22-43(44)52)38-19-13-20-39(31-38)55-40-25-26-42-46(32-40)54(47-30-36(27-28-51-47)50(4,5)6)45-24-14-21-41(48(42)45)34-15-8-7-9-16-34;/h7-30,33H,1-6H3;/q-3;. The molecule has 1 aliphatic heterocycles. The van der Waals surface area contributed by atoms with Gasteiger partial charge in [-0.15, -0.1) is 48.1 Å². The number of ether oxygens (including phenoxy) is 1. The number of aromatic nitrogens is 2. The van der Waals surface area contributed by atoms with Crippen LogP contribution in [-0.4, -0.2) is 9.55 Å². The molecule has 0 bridgehead atoms. The summed E-state index contributed by atoms with van der Waals surface area (Å²) in [7, 11) is 0. The average Bonchev–Trinajstić information content (AvgIpc) is 3.74. The molecule has 6 aromatic carbocycles. The first-order chi connectivity index (χ1) is 26.5. The largest absolute Gasteiger partial charge is 0.509 e. The molecule has 6 heteroatoms. The first-order valence-corrected chi connectivity index (χ1v) is 18.9. The summed E-state index contributed by atoms with van der Waals surface area (Å²) >= 11 is 0. The predicted molar refractivity (Wildman–Crippen MR) is 227 cm³/mol. The van der Waals surface area contributed by atoms with Crippen molar-refractivity contribution in [3.8, 4) is 28.4 Å². The Morgan fingerprint density at radius 1 is 0.607 bits per heavy atom. The van der Waals surface area contributed by atoms with Gasteiger partial charge in [-0.25, -0.2) is 4.98 Å². The molecule has 0 amide bonds. The van der Waals surface area contributed by atoms with Crippen LogP contribution >= 0.6 is 0 Å². The zero-order valence-electron chi connectivity index (χ0n) is 32.4. The maximum atomic E-state index is 6.62. The SMILES string of the molecule is CC(C)(C)c1cccc(N2[CH-]N(c3[c-]c(Oc4[c-]c5c(cc4)c4c(-c6ccccc6)cccc4n5-c4cc(C(C)(C)C)ccn4)ccc3)c3ccccc32)c1.[Pt]. The molecular weight excluding hydrogens is 868 g/mol. The van der Waals surface area contributed by atoms with Gasteiger partial charge in [0.15, 0.2) is 0 Å². The second-order valence-corrected chi connectivity index (χ2v) is 16.3. The molecule has 0 saturated carbocycles. The summed E-state index contributed by atoms with van der Waals surface area (Å²) < 4.78 is 8.84. The Hall–Kier alpha value is -5.64. The molecule has 0 unspecified atom stereocenters. The molecule has 0 spiro atoms. The van der Waals surface area contributed by atoms with E-state index < -0.39 is 0 Å². The van der Waals surface area contributed by atoms with Gasteiger partial charge in [0.2, 0.25) is 0 Å². The number of hydrogen-bond acceptors (Lipinski definition) is 4. The second-order valence-electron chi connectivity index (χ2n) is 16.3. The fraction of sp³-hybridized carbons (Fsp3) is 0.160. The van der Waals surface area contributed by atoms with Gasteiger partial charge in [0, 0.05) is 61.3 Å². The Morgan fingerprint density at radius 3 is 2.05 bits per heavy atom. The van der Waals surface area contributed by atoms with Crippen LogP contribution in [0.3, 0.4) is 0 Å². The van der Waals surface area contributed by atoms with E-state index in [4.69, 9.17) is 9.72 Å². The molecule has 0 fully saturated rings. The summed E-state index contributed by atoms with van der Waals surface area (Å²) in [4.78, 5) is 9.34. The molecule has 0 radical (unpaired) electrons. The van der Waals surface area contributed by atoms with Crippen LogP contribution in [0.5, 0.6) is 11.5 Å². The van der Waals surface area contributed by atoms with E-state index in [1.54, 1.807) is 0 Å². The van der Waals surface area contributed by atoms with E-state index in [1.165, 1.54) is 16.7 Å². The van der Waals surface area contributed by atoms with Gasteiger partial charge in [0.25, 0.3) is 0 Å². The molecule has 0 aliphatic carbocycles. The van der Waals surface area contributed by atoms with Crippen molar-refractivity contribution < 1.29 is 25.8 Å². The summed E-state index contributed by atoms with van der Waals surface area (Å²) in [5.74, 6) is 2.05. The molecule has 0 saturated heterocycles. The van der Waals surface area contributed by atoms with E-state index in [0.29, 0.717) is 11.5 Å². The topological polar surface area (TPSA) is 33.5 Å². The Kier molecular flexibility index (Phi) is 9.63. The molecular formula is C50H43N4OPt-3. The number of hydrogen-bond donors (Lipinski definition) is 0. The van der Waals surface area contributed by atoms with Crippen molar-refractivity contribution in [1.82, 2.24) is 9.55 Å². The molecule has 5 nitrogen and oxygen atoms in total. The molecule has 0 N–H and O–H groups in total. The van der Waals surface area contributed by atoms with Crippen molar-refractivity contribution in [2.24, 2.45) is 0 Å². The average molecular weight is 911 g/mol. The van der Waals surface area contributed by atoms with E-state index in [0.717, 1.165) is 55.9 Å². The van der Waals surface area contributed by atoms with Crippen LogP contribution in [0.4, 0.5) is 22.7 Å². The van der Waals surface area contributed by atoms with Crippen molar-refractivity contribution >= 4 is 44.6 Å². The van der Waals surface area contributed by atoms with Crippen molar-refractivity contribution in [2.45, 2.75) is 52.4 Å². The first kappa shape index (κ1) is 37.3. The van der Waals surface area contributed by atoms with Crippen LogP contribution in [0.2, 0.25) is 0 Å². The molecule has 2 aromatic heterocycles. The van der Waals surface area contributed by atoms with Gasteiger partial charge in [0.05, 0.1) is 0 Å². The number of anilines is 4. The minimum atomic E-state index is -0.0364. The molecule has 56 heavy (non-hydrogen) atoms. The minimum absolute atomic E-state index is 0. The maximum Gasteiger partial charge on any atom is 0.135 e. The molecule has 9 rings (SSSR count). The van der Waals surface area contributed by atoms with E-state index in [-0.39, 0.29) is 31.9 Å². The Bertz CT molecular complexity index is 2700. The predicted octanol–water partition coefficient (Wildman–Crippen LogP) is 13.2. The third-order valence-electron chi connectivity index (χ3n) is 10.5. The van der Waals surface area contributed by atoms with E-state index >= 15 is 0 Å². The Morgan fingerprint density at radius 2 is 1.29 bits per heavy atom. The van der Waals surface area contributed by atoms with Gasteiger partial charge in [-0.05, 0) is 80.9 Å². The number of benzene rings is 6. The summed E-state index contributed by atoms with van der Waals surface area (Å²) in [6, 6.07) is 56.0. The second kappa shape index (κ2) is 14.5. The van der Waals surface area contributed by atoms with Crippen molar-refractivity contribution in [2.75, 3.05) is 9.80 Å². The summed E-state index contributed by atoms with van der Waals surface area (Å²) in [6.07, 6.45) is 1.91. The van der Waals surface area contributed by atoms with Gasteiger partial charge >= 0.3 is 0 Å². The van der Waals surface area contributed by atoms with E-state index in [1.807, 2.05) is 24.4 Å². The molecule has 282 valence electrons. The van der Waals surface area contributed by atoms with Gasteiger partial charge < -0.3 is 19.1 Å². The summed E-state index contributed by atoms with van der Waals surface area (Å²) in [5, 5.41) is 2.24. The van der Waals surface area contributed by atoms with Crippen LogP contribution < -0.4 is 14.5 Å². The number of rotatable bonds is 6. The summed E-state index contributed by atoms with van der Waals surface area (Å²) in [6.45, 7) is 15.6. The Balaban J connectivity index is 0.00000441. The molecule has 8 aromatic rings. The van der Waals surface area contributed by atoms with Crippen LogP contribution in [0.1, 0.15) is 52.7 Å². The van der Waals surface area contributed by atoms with E-state index in [2.05, 4.69) is 196 Å². The smallest absolute Gasteiger partial charge is 0.135 e. The van der Waals surface area contributed by atoms with Crippen LogP contribution in [0.25, 0.3) is 38.8 Å². The van der Waals surface area contributed by atoms with E-state index in [9.17, 15) is 0 Å². The number of pyridine rings is 1. The number of nitrogens with zero attached hydrogens (tertiary/aromatic N) is 4. The fourth-order valence-corrected chi connectivity index (χ4v) is 7.52. The number of para-hydroxylation sites is 2. The van der Waals surface area contributed by atoms with Gasteiger partial charge in [-0.2, -0.15) is 12.1 Å².